The van der Waals surface area contributed by atoms with Crippen LogP contribution in [-0.4, -0.2) is 66.8 Å². The van der Waals surface area contributed by atoms with Gasteiger partial charge in [0, 0.05) is 57.2 Å². The first-order valence-corrected chi connectivity index (χ1v) is 12.6. The molecule has 0 spiro atoms. The van der Waals surface area contributed by atoms with Gasteiger partial charge >= 0.3 is 0 Å². The summed E-state index contributed by atoms with van der Waals surface area (Å²) in [5, 5.41) is 11.6. The van der Waals surface area contributed by atoms with E-state index in [2.05, 4.69) is 45.8 Å². The Kier molecular flexibility index (Phi) is 7.34. The first-order valence-electron chi connectivity index (χ1n) is 11.1. The quantitative estimate of drug-likeness (QED) is 0.390. The highest BCUT2D eigenvalue weighted by Gasteiger charge is 2.18. The number of allylic oxidation sites excluding steroid dienone is 1. The molecular weight excluding hydrogens is 452 g/mol. The van der Waals surface area contributed by atoms with Crippen molar-refractivity contribution >= 4 is 32.6 Å². The van der Waals surface area contributed by atoms with E-state index in [1.165, 1.54) is 18.9 Å². The Hall–Kier alpha value is -3.16. The lowest BCUT2D eigenvalue weighted by molar-refractivity contribution is 0.204. The van der Waals surface area contributed by atoms with Crippen LogP contribution in [0.4, 0.5) is 5.69 Å². The number of piperazine rings is 1. The zero-order valence-corrected chi connectivity index (χ0v) is 20.1. The second-order valence-corrected chi connectivity index (χ2v) is 9.98. The number of nitrogens with one attached hydrogen (secondary N) is 1. The molecule has 34 heavy (non-hydrogen) atoms. The molecule has 0 unspecified atom stereocenters. The summed E-state index contributed by atoms with van der Waals surface area (Å²) in [5.74, 6) is 0.882. The number of nitriles is 1. The molecule has 9 heteroatoms. The van der Waals surface area contributed by atoms with E-state index < -0.39 is 14.9 Å². The van der Waals surface area contributed by atoms with Crippen molar-refractivity contribution in [3.63, 3.8) is 0 Å². The molecule has 1 saturated heterocycles. The van der Waals surface area contributed by atoms with Crippen LogP contribution >= 0.6 is 0 Å². The molecule has 0 bridgehead atoms. The van der Waals surface area contributed by atoms with Crippen molar-refractivity contribution in [2.45, 2.75) is 0 Å². The van der Waals surface area contributed by atoms with Crippen LogP contribution in [0.2, 0.25) is 0 Å². The van der Waals surface area contributed by atoms with Gasteiger partial charge in [0.25, 0.3) is 10.0 Å². The van der Waals surface area contributed by atoms with Crippen LogP contribution in [0.5, 0.6) is 0 Å². The molecule has 2 heterocycles. The van der Waals surface area contributed by atoms with E-state index in [1.807, 2.05) is 12.1 Å². The molecule has 1 fully saturated rings. The van der Waals surface area contributed by atoms with E-state index in [4.69, 9.17) is 9.15 Å². The number of nitrogens with zero attached hydrogens (tertiary/aromatic N) is 3. The third kappa shape index (κ3) is 5.48. The smallest absolute Gasteiger partial charge is 0.250 e. The minimum atomic E-state index is -3.94. The molecule has 1 aliphatic heterocycles. The molecule has 3 aromatic rings. The van der Waals surface area contributed by atoms with Crippen LogP contribution < -0.4 is 9.62 Å². The zero-order valence-electron chi connectivity index (χ0n) is 19.3. The molecule has 0 amide bonds. The average Bonchev–Trinajstić information content (AvgIpc) is 3.31. The highest BCUT2D eigenvalue weighted by molar-refractivity contribution is 7.93. The summed E-state index contributed by atoms with van der Waals surface area (Å²) in [7, 11) is -0.321. The largest absolute Gasteiger partial charge is 0.457 e. The highest BCUT2D eigenvalue weighted by atomic mass is 32.2. The maximum Gasteiger partial charge on any atom is 0.250 e. The molecule has 178 valence electrons. The van der Waals surface area contributed by atoms with Crippen LogP contribution in [0.25, 0.3) is 28.2 Å². The van der Waals surface area contributed by atoms with E-state index >= 15 is 0 Å². The second kappa shape index (κ2) is 10.4. The summed E-state index contributed by atoms with van der Waals surface area (Å²) < 4.78 is 37.6. The van der Waals surface area contributed by atoms with Gasteiger partial charge in [-0.3, -0.25) is 0 Å². The third-order valence-corrected chi connectivity index (χ3v) is 7.25. The Balaban J connectivity index is 1.54. The van der Waals surface area contributed by atoms with Gasteiger partial charge < -0.3 is 19.0 Å². The van der Waals surface area contributed by atoms with Crippen molar-refractivity contribution in [3.05, 3.63) is 59.2 Å². The molecule has 0 saturated carbocycles. The Labute approximate surface area is 200 Å². The van der Waals surface area contributed by atoms with Gasteiger partial charge in [0.2, 0.25) is 0 Å². The maximum absolute atomic E-state index is 12.3. The standard InChI is InChI=1S/C25H28N4O4S/c1-28-10-12-29(13-11-28)22-6-5-19-15-21(4-3-20(19)16-22)25-8-7-23(33-25)17-24(18-26)34(30,31)27-9-14-32-2/h3-8,15-17,27H,9-14H2,1-2H3/b24-17+. The predicted molar refractivity (Wildman–Crippen MR) is 134 cm³/mol. The molecule has 1 aliphatic rings. The molecular formula is C25H28N4O4S. The van der Waals surface area contributed by atoms with Crippen LogP contribution in [0, 0.1) is 11.3 Å². The minimum absolute atomic E-state index is 0.0782. The molecule has 0 radical (unpaired) electrons. The summed E-state index contributed by atoms with van der Waals surface area (Å²) in [6.07, 6.45) is 1.22. The normalized spacial score (nSPS) is 15.6. The highest BCUT2D eigenvalue weighted by Crippen LogP contribution is 2.29. The number of furan rings is 1. The zero-order chi connectivity index (χ0) is 24.1. The summed E-state index contributed by atoms with van der Waals surface area (Å²) >= 11 is 0. The Morgan fingerprint density at radius 3 is 2.59 bits per heavy atom. The van der Waals surface area contributed by atoms with Crippen LogP contribution in [0.1, 0.15) is 5.76 Å². The van der Waals surface area contributed by atoms with E-state index in [0.29, 0.717) is 5.76 Å². The summed E-state index contributed by atoms with van der Waals surface area (Å²) in [5.41, 5.74) is 2.10. The first kappa shape index (κ1) is 24.0. The molecule has 2 aromatic carbocycles. The van der Waals surface area contributed by atoms with E-state index in [-0.39, 0.29) is 18.9 Å². The Morgan fingerprint density at radius 2 is 1.85 bits per heavy atom. The summed E-state index contributed by atoms with van der Waals surface area (Å²) in [4.78, 5) is 4.33. The van der Waals surface area contributed by atoms with Gasteiger partial charge in [0.15, 0.2) is 4.91 Å². The van der Waals surface area contributed by atoms with Gasteiger partial charge in [-0.15, -0.1) is 0 Å². The number of fused-ring (bicyclic) bond motifs is 1. The van der Waals surface area contributed by atoms with E-state index in [1.54, 1.807) is 18.2 Å². The van der Waals surface area contributed by atoms with Gasteiger partial charge in [-0.05, 0) is 48.2 Å². The molecule has 1 N–H and O–H groups in total. The van der Waals surface area contributed by atoms with Gasteiger partial charge in [-0.25, -0.2) is 13.1 Å². The molecule has 8 nitrogen and oxygen atoms in total. The van der Waals surface area contributed by atoms with E-state index in [0.717, 1.165) is 42.5 Å². The number of sulfonamides is 1. The minimum Gasteiger partial charge on any atom is -0.457 e. The van der Waals surface area contributed by atoms with Crippen molar-refractivity contribution < 1.29 is 17.6 Å². The molecule has 1 aromatic heterocycles. The van der Waals surface area contributed by atoms with Crippen molar-refractivity contribution in [1.82, 2.24) is 9.62 Å². The second-order valence-electron chi connectivity index (χ2n) is 8.25. The van der Waals surface area contributed by atoms with Gasteiger partial charge in [0.1, 0.15) is 17.6 Å². The number of methoxy groups -OCH3 is 1. The lowest BCUT2D eigenvalue weighted by atomic mass is 10.0. The lowest BCUT2D eigenvalue weighted by Gasteiger charge is -2.34. The van der Waals surface area contributed by atoms with Gasteiger partial charge in [-0.1, -0.05) is 18.2 Å². The fourth-order valence-corrected chi connectivity index (χ4v) is 4.79. The Morgan fingerprint density at radius 1 is 1.12 bits per heavy atom. The van der Waals surface area contributed by atoms with Gasteiger partial charge in [0.05, 0.1) is 6.61 Å². The first-order chi connectivity index (χ1) is 16.4. The topological polar surface area (TPSA) is 98.8 Å². The predicted octanol–water partition coefficient (Wildman–Crippen LogP) is 3.28. The molecule has 4 rings (SSSR count). The maximum atomic E-state index is 12.3. The average molecular weight is 481 g/mol. The monoisotopic (exact) mass is 480 g/mol. The molecule has 0 atom stereocenters. The Bertz CT molecular complexity index is 1330. The fraction of sp³-hybridized carbons (Fsp3) is 0.320. The summed E-state index contributed by atoms with van der Waals surface area (Å²) in [6, 6.07) is 17.7. The number of anilines is 1. The van der Waals surface area contributed by atoms with Crippen LogP contribution in [-0.2, 0) is 14.8 Å². The SMILES string of the molecule is COCCNS(=O)(=O)/C(C#N)=C/c1ccc(-c2ccc3cc(N4CCN(C)CC4)ccc3c2)o1. The number of hydrogen-bond donors (Lipinski definition) is 1. The lowest BCUT2D eigenvalue weighted by Crippen LogP contribution is -2.44. The van der Waals surface area contributed by atoms with Crippen LogP contribution in [0.15, 0.2) is 57.9 Å². The van der Waals surface area contributed by atoms with Crippen molar-refractivity contribution in [1.29, 1.82) is 5.26 Å². The number of hydrogen-bond acceptors (Lipinski definition) is 7. The summed E-state index contributed by atoms with van der Waals surface area (Å²) in [6.45, 7) is 4.45. The number of benzene rings is 2. The number of likely N-dealkylation sites (N-methyl/N-ethyl adjacent to an activating group) is 1. The van der Waals surface area contributed by atoms with E-state index in [9.17, 15) is 13.7 Å². The number of ether oxygens (including phenoxy) is 1. The van der Waals surface area contributed by atoms with Crippen molar-refractivity contribution in [3.8, 4) is 17.4 Å². The third-order valence-electron chi connectivity index (χ3n) is 5.87. The van der Waals surface area contributed by atoms with Crippen molar-refractivity contribution in [2.24, 2.45) is 0 Å². The number of rotatable bonds is 8. The van der Waals surface area contributed by atoms with Crippen molar-refractivity contribution in [2.75, 3.05) is 58.4 Å². The van der Waals surface area contributed by atoms with Crippen LogP contribution in [0.3, 0.4) is 0 Å². The molecule has 0 aliphatic carbocycles. The van der Waals surface area contributed by atoms with Gasteiger partial charge in [-0.2, -0.15) is 5.26 Å². The fourth-order valence-electron chi connectivity index (χ4n) is 3.89.